The van der Waals surface area contributed by atoms with Crippen molar-refractivity contribution in [1.29, 1.82) is 0 Å². The zero-order valence-corrected chi connectivity index (χ0v) is 14.3. The van der Waals surface area contributed by atoms with Gasteiger partial charge in [0.25, 0.3) is 0 Å². The molecule has 0 saturated carbocycles. The van der Waals surface area contributed by atoms with Crippen LogP contribution in [0, 0.1) is 0 Å². The summed E-state index contributed by atoms with van der Waals surface area (Å²) >= 11 is 0. The predicted octanol–water partition coefficient (Wildman–Crippen LogP) is -1.12. The summed E-state index contributed by atoms with van der Waals surface area (Å²) in [4.78, 5) is 67.7. The number of carboxylic acid groups (broad SMARTS) is 2. The van der Waals surface area contributed by atoms with Crippen molar-refractivity contribution in [3.8, 4) is 0 Å². The van der Waals surface area contributed by atoms with Gasteiger partial charge in [-0.15, -0.1) is 0 Å². The summed E-state index contributed by atoms with van der Waals surface area (Å²) in [6.45, 7) is 3.41. The van der Waals surface area contributed by atoms with Crippen LogP contribution in [0.15, 0.2) is 0 Å². The molecule has 0 aliphatic rings. The first-order valence-corrected chi connectivity index (χ1v) is 7.01. The third-order valence-corrected chi connectivity index (χ3v) is 2.60. The minimum absolute atomic E-state index is 0.850. The maximum atomic E-state index is 11.4. The molecule has 0 rings (SSSR count). The number of rotatable bonds is 9. The maximum absolute atomic E-state index is 11.4. The van der Waals surface area contributed by atoms with Crippen molar-refractivity contribution < 1.29 is 57.9 Å². The lowest BCUT2D eigenvalue weighted by atomic mass is 10.0. The molecule has 0 unspecified atom stereocenters. The first kappa shape index (κ1) is 22.8. The van der Waals surface area contributed by atoms with Gasteiger partial charge in [-0.1, -0.05) is 0 Å². The molecule has 146 valence electrons. The molecule has 0 bridgehead atoms. The zero-order chi connectivity index (χ0) is 20.6. The lowest BCUT2D eigenvalue weighted by Crippen LogP contribution is -2.56. The number of ether oxygens (including phenoxy) is 4. The van der Waals surface area contributed by atoms with Crippen LogP contribution in [0.2, 0.25) is 0 Å². The first-order chi connectivity index (χ1) is 11.9. The van der Waals surface area contributed by atoms with Crippen molar-refractivity contribution in [2.45, 2.75) is 52.1 Å². The van der Waals surface area contributed by atoms with Gasteiger partial charge in [-0.2, -0.15) is 0 Å². The van der Waals surface area contributed by atoms with Gasteiger partial charge in [-0.25, -0.2) is 9.59 Å². The van der Waals surface area contributed by atoms with Crippen LogP contribution >= 0.6 is 0 Å². The Labute approximate surface area is 146 Å². The normalized spacial score (nSPS) is 14.8. The van der Waals surface area contributed by atoms with Crippen molar-refractivity contribution in [2.24, 2.45) is 0 Å². The molecule has 0 amide bonds. The van der Waals surface area contributed by atoms with E-state index in [4.69, 9.17) is 9.47 Å². The molecule has 4 atom stereocenters. The van der Waals surface area contributed by atoms with E-state index in [1.54, 1.807) is 0 Å². The van der Waals surface area contributed by atoms with Crippen LogP contribution in [0.3, 0.4) is 0 Å². The highest BCUT2D eigenvalue weighted by Gasteiger charge is 2.49. The SMILES string of the molecule is CC(=O)O[C@H]([C@@H](OC(C)=O)[C@@H](OC(C)=O)C(=O)O)[C@H](OC(C)=O)C(=O)O. The van der Waals surface area contributed by atoms with Crippen LogP contribution in [0.5, 0.6) is 0 Å². The van der Waals surface area contributed by atoms with E-state index in [-0.39, 0.29) is 0 Å². The number of hydrogen-bond donors (Lipinski definition) is 2. The Morgan fingerprint density at radius 2 is 0.769 bits per heavy atom. The molecule has 0 aliphatic heterocycles. The Balaban J connectivity index is 6.20. The van der Waals surface area contributed by atoms with E-state index in [0.29, 0.717) is 0 Å². The van der Waals surface area contributed by atoms with E-state index in [9.17, 15) is 39.0 Å². The van der Waals surface area contributed by atoms with Crippen LogP contribution in [-0.4, -0.2) is 70.4 Å². The molecule has 0 aromatic carbocycles. The lowest BCUT2D eigenvalue weighted by Gasteiger charge is -2.32. The second-order valence-electron chi connectivity index (χ2n) is 4.88. The Kier molecular flexibility index (Phi) is 8.74. The lowest BCUT2D eigenvalue weighted by molar-refractivity contribution is -0.206. The molecule has 0 spiro atoms. The summed E-state index contributed by atoms with van der Waals surface area (Å²) in [7, 11) is 0. The molecule has 0 aliphatic carbocycles. The van der Waals surface area contributed by atoms with E-state index in [1.165, 1.54) is 0 Å². The van der Waals surface area contributed by atoms with Crippen LogP contribution in [-0.2, 0) is 47.7 Å². The van der Waals surface area contributed by atoms with Crippen molar-refractivity contribution >= 4 is 35.8 Å². The van der Waals surface area contributed by atoms with Crippen molar-refractivity contribution in [1.82, 2.24) is 0 Å². The van der Waals surface area contributed by atoms with Gasteiger partial charge in [-0.05, 0) is 0 Å². The molecular formula is C14H18O12. The van der Waals surface area contributed by atoms with Gasteiger partial charge in [0.05, 0.1) is 0 Å². The fourth-order valence-electron chi connectivity index (χ4n) is 1.86. The molecule has 12 nitrogen and oxygen atoms in total. The van der Waals surface area contributed by atoms with Gasteiger partial charge in [0.2, 0.25) is 12.2 Å². The minimum Gasteiger partial charge on any atom is -0.478 e. The van der Waals surface area contributed by atoms with E-state index in [2.05, 4.69) is 9.47 Å². The third-order valence-electron chi connectivity index (χ3n) is 2.60. The Morgan fingerprint density at radius 1 is 0.538 bits per heavy atom. The first-order valence-electron chi connectivity index (χ1n) is 7.01. The molecule has 26 heavy (non-hydrogen) atoms. The van der Waals surface area contributed by atoms with Gasteiger partial charge in [-0.3, -0.25) is 19.2 Å². The summed E-state index contributed by atoms with van der Waals surface area (Å²) in [5, 5.41) is 18.5. The summed E-state index contributed by atoms with van der Waals surface area (Å²) in [5.74, 6) is -8.05. The standard InChI is InChI=1S/C14H18O12/c1-5(15)23-9(11(13(19)20)25-7(3)17)10(24-6(2)16)12(14(21)22)26-8(4)18/h9-12H,1-4H3,(H,19,20)(H,21,22)/t9-,10-,11-,12+/m1/s1. The number of carbonyl (C=O) groups is 6. The average molecular weight is 378 g/mol. The molecule has 0 aromatic heterocycles. The molecule has 0 aromatic rings. The van der Waals surface area contributed by atoms with Gasteiger partial charge in [0.15, 0.2) is 12.2 Å². The Bertz CT molecular complexity index is 543. The largest absolute Gasteiger partial charge is 0.478 e. The topological polar surface area (TPSA) is 180 Å². The van der Waals surface area contributed by atoms with Gasteiger partial charge >= 0.3 is 35.8 Å². The highest BCUT2D eigenvalue weighted by molar-refractivity contribution is 5.81. The number of carboxylic acids is 2. The van der Waals surface area contributed by atoms with Gasteiger partial charge in [0.1, 0.15) is 0 Å². The van der Waals surface area contributed by atoms with E-state index >= 15 is 0 Å². The zero-order valence-electron chi connectivity index (χ0n) is 14.3. The molecule has 12 heteroatoms. The third kappa shape index (κ3) is 7.59. The predicted molar refractivity (Wildman–Crippen MR) is 77.5 cm³/mol. The average Bonchev–Trinajstić information content (AvgIpc) is 2.44. The molecule has 0 saturated heterocycles. The number of esters is 4. The summed E-state index contributed by atoms with van der Waals surface area (Å²) in [5.41, 5.74) is 0. The molecule has 0 radical (unpaired) electrons. The van der Waals surface area contributed by atoms with Crippen LogP contribution in [0.25, 0.3) is 0 Å². The fraction of sp³-hybridized carbons (Fsp3) is 0.571. The van der Waals surface area contributed by atoms with Crippen LogP contribution in [0.4, 0.5) is 0 Å². The smallest absolute Gasteiger partial charge is 0.349 e. The van der Waals surface area contributed by atoms with Crippen LogP contribution < -0.4 is 0 Å². The second kappa shape index (κ2) is 9.96. The highest BCUT2D eigenvalue weighted by Crippen LogP contribution is 2.20. The number of carbonyl (C=O) groups excluding carboxylic acids is 4. The molecule has 0 heterocycles. The van der Waals surface area contributed by atoms with Gasteiger partial charge < -0.3 is 29.2 Å². The summed E-state index contributed by atoms with van der Waals surface area (Å²) < 4.78 is 18.5. The number of aliphatic carboxylic acids is 2. The van der Waals surface area contributed by atoms with E-state index in [1.807, 2.05) is 0 Å². The van der Waals surface area contributed by atoms with E-state index in [0.717, 1.165) is 27.7 Å². The Hall–Kier alpha value is -3.18. The summed E-state index contributed by atoms with van der Waals surface area (Å²) in [6, 6.07) is 0. The van der Waals surface area contributed by atoms with Crippen LogP contribution in [0.1, 0.15) is 27.7 Å². The Morgan fingerprint density at radius 3 is 0.923 bits per heavy atom. The van der Waals surface area contributed by atoms with Crippen molar-refractivity contribution in [2.75, 3.05) is 0 Å². The monoisotopic (exact) mass is 378 g/mol. The molecule has 2 N–H and O–H groups in total. The quantitative estimate of drug-likeness (QED) is 0.365. The van der Waals surface area contributed by atoms with Gasteiger partial charge in [0, 0.05) is 27.7 Å². The fourth-order valence-corrected chi connectivity index (χ4v) is 1.86. The highest BCUT2D eigenvalue weighted by atomic mass is 16.6. The minimum atomic E-state index is -2.24. The van der Waals surface area contributed by atoms with Crippen molar-refractivity contribution in [3.63, 3.8) is 0 Å². The second-order valence-corrected chi connectivity index (χ2v) is 4.88. The molecule has 0 fully saturated rings. The van der Waals surface area contributed by atoms with Crippen molar-refractivity contribution in [3.05, 3.63) is 0 Å². The maximum Gasteiger partial charge on any atom is 0.349 e. The number of hydrogen-bond acceptors (Lipinski definition) is 10. The summed E-state index contributed by atoms with van der Waals surface area (Å²) in [6.07, 6.45) is -8.70. The van der Waals surface area contributed by atoms with E-state index < -0.39 is 60.2 Å². The molecular weight excluding hydrogens is 360 g/mol.